The summed E-state index contributed by atoms with van der Waals surface area (Å²) in [4.78, 5) is 37.5. The first-order valence-electron chi connectivity index (χ1n) is 8.15. The van der Waals surface area contributed by atoms with Crippen molar-refractivity contribution in [2.45, 2.75) is 31.8 Å². The van der Waals surface area contributed by atoms with Gasteiger partial charge in [-0.2, -0.15) is 0 Å². The van der Waals surface area contributed by atoms with E-state index in [1.807, 2.05) is 13.1 Å². The van der Waals surface area contributed by atoms with E-state index in [0.717, 1.165) is 18.5 Å². The first kappa shape index (κ1) is 16.4. The Kier molecular flexibility index (Phi) is 4.80. The molecule has 1 fully saturated rings. The van der Waals surface area contributed by atoms with E-state index in [-0.39, 0.29) is 18.2 Å². The highest BCUT2D eigenvalue weighted by Crippen LogP contribution is 2.33. The zero-order valence-corrected chi connectivity index (χ0v) is 13.6. The van der Waals surface area contributed by atoms with E-state index < -0.39 is 11.9 Å². The van der Waals surface area contributed by atoms with E-state index in [1.165, 1.54) is 4.90 Å². The molecule has 7 heteroatoms. The van der Waals surface area contributed by atoms with Crippen molar-refractivity contribution in [2.75, 3.05) is 20.2 Å². The van der Waals surface area contributed by atoms with Crippen molar-refractivity contribution in [1.82, 2.24) is 15.5 Å². The summed E-state index contributed by atoms with van der Waals surface area (Å²) in [6.07, 6.45) is 1.48. The number of rotatable bonds is 6. The quantitative estimate of drug-likeness (QED) is 0.583. The number of benzene rings is 1. The highest BCUT2D eigenvalue weighted by atomic mass is 16.5. The lowest BCUT2D eigenvalue weighted by Gasteiger charge is -2.29. The molecule has 7 nitrogen and oxygen atoms in total. The Bertz CT molecular complexity index is 674. The Labute approximate surface area is 140 Å². The molecule has 2 heterocycles. The molecule has 2 N–H and O–H groups in total. The predicted octanol–water partition coefficient (Wildman–Crippen LogP) is 0.436. The number of imide groups is 1. The van der Waals surface area contributed by atoms with Crippen LogP contribution < -0.4 is 15.4 Å². The molecule has 24 heavy (non-hydrogen) atoms. The molecule has 0 bridgehead atoms. The molecule has 0 saturated carbocycles. The van der Waals surface area contributed by atoms with Crippen LogP contribution in [-0.4, -0.2) is 48.9 Å². The molecule has 1 aromatic carbocycles. The van der Waals surface area contributed by atoms with E-state index >= 15 is 0 Å². The number of fused-ring (bicyclic) bond motifs is 1. The molecule has 3 rings (SSSR count). The van der Waals surface area contributed by atoms with E-state index in [4.69, 9.17) is 4.74 Å². The number of ether oxygens (including phenoxy) is 1. The zero-order valence-electron chi connectivity index (χ0n) is 13.6. The van der Waals surface area contributed by atoms with Crippen LogP contribution >= 0.6 is 0 Å². The van der Waals surface area contributed by atoms with Crippen molar-refractivity contribution >= 4 is 17.7 Å². The second-order valence-corrected chi connectivity index (χ2v) is 5.99. The van der Waals surface area contributed by atoms with Gasteiger partial charge in [0.25, 0.3) is 5.91 Å². The number of nitrogens with one attached hydrogen (secondary N) is 2. The lowest BCUT2D eigenvalue weighted by molar-refractivity contribution is -0.136. The molecule has 0 aromatic heterocycles. The smallest absolute Gasteiger partial charge is 0.255 e. The van der Waals surface area contributed by atoms with Crippen molar-refractivity contribution in [3.63, 3.8) is 0 Å². The molecule has 0 radical (unpaired) electrons. The second-order valence-electron chi connectivity index (χ2n) is 5.99. The SMILES string of the molecule is CNCCCOc1cccc2c1CN(C1CCC(=O)NC1=O)C2=O. The lowest BCUT2D eigenvalue weighted by Crippen LogP contribution is -2.52. The minimum Gasteiger partial charge on any atom is -0.493 e. The highest BCUT2D eigenvalue weighted by Gasteiger charge is 2.40. The second kappa shape index (κ2) is 7.00. The number of amides is 3. The van der Waals surface area contributed by atoms with Gasteiger partial charge in [0, 0.05) is 17.5 Å². The fourth-order valence-electron chi connectivity index (χ4n) is 3.12. The summed E-state index contributed by atoms with van der Waals surface area (Å²) in [5.74, 6) is -0.176. The minimum atomic E-state index is -0.597. The van der Waals surface area contributed by atoms with E-state index in [9.17, 15) is 14.4 Å². The molecule has 2 aliphatic rings. The molecule has 2 aliphatic heterocycles. The van der Waals surface area contributed by atoms with Crippen LogP contribution in [-0.2, 0) is 16.1 Å². The molecule has 1 aromatic rings. The average Bonchev–Trinajstić information content (AvgIpc) is 2.89. The van der Waals surface area contributed by atoms with Gasteiger partial charge in [-0.1, -0.05) is 6.07 Å². The molecular weight excluding hydrogens is 310 g/mol. The van der Waals surface area contributed by atoms with Gasteiger partial charge in [0.15, 0.2) is 0 Å². The average molecular weight is 331 g/mol. The predicted molar refractivity (Wildman–Crippen MR) is 86.5 cm³/mol. The van der Waals surface area contributed by atoms with Gasteiger partial charge >= 0.3 is 0 Å². The van der Waals surface area contributed by atoms with E-state index in [2.05, 4.69) is 10.6 Å². The highest BCUT2D eigenvalue weighted by molar-refractivity contribution is 6.05. The van der Waals surface area contributed by atoms with Crippen molar-refractivity contribution in [2.24, 2.45) is 0 Å². The third kappa shape index (κ3) is 3.12. The van der Waals surface area contributed by atoms with Crippen LogP contribution in [0.15, 0.2) is 18.2 Å². The number of carbonyl (C=O) groups is 3. The standard InChI is InChI=1S/C17H21N3O4/c1-18-8-3-9-24-14-5-2-4-11-12(14)10-20(17(11)23)13-6-7-15(21)19-16(13)22/h2,4-5,13,18H,3,6-10H2,1H3,(H,19,21,22). The van der Waals surface area contributed by atoms with Gasteiger partial charge in [-0.05, 0) is 38.6 Å². The maximum absolute atomic E-state index is 12.6. The minimum absolute atomic E-state index is 0.180. The van der Waals surface area contributed by atoms with Crippen LogP contribution in [0.4, 0.5) is 0 Å². The number of carbonyl (C=O) groups excluding carboxylic acids is 3. The Morgan fingerprint density at radius 1 is 1.33 bits per heavy atom. The summed E-state index contributed by atoms with van der Waals surface area (Å²) in [5.41, 5.74) is 1.39. The fourth-order valence-corrected chi connectivity index (χ4v) is 3.12. The van der Waals surface area contributed by atoms with Gasteiger partial charge in [-0.3, -0.25) is 19.7 Å². The first-order valence-corrected chi connectivity index (χ1v) is 8.15. The summed E-state index contributed by atoms with van der Waals surface area (Å²) in [6.45, 7) is 1.75. The van der Waals surface area contributed by atoms with Crippen LogP contribution in [0, 0.1) is 0 Å². The number of piperidine rings is 1. The summed E-state index contributed by atoms with van der Waals surface area (Å²) < 4.78 is 5.81. The Morgan fingerprint density at radius 2 is 2.17 bits per heavy atom. The molecule has 3 amide bonds. The van der Waals surface area contributed by atoms with Crippen molar-refractivity contribution in [3.8, 4) is 5.75 Å². The molecular formula is C17H21N3O4. The molecule has 1 unspecified atom stereocenters. The van der Waals surface area contributed by atoms with E-state index in [1.54, 1.807) is 12.1 Å². The molecule has 128 valence electrons. The van der Waals surface area contributed by atoms with Crippen molar-refractivity contribution in [1.29, 1.82) is 0 Å². The molecule has 0 aliphatic carbocycles. The maximum Gasteiger partial charge on any atom is 0.255 e. The summed E-state index contributed by atoms with van der Waals surface area (Å²) in [6, 6.07) is 4.79. The first-order chi connectivity index (χ1) is 11.6. The summed E-state index contributed by atoms with van der Waals surface area (Å²) >= 11 is 0. The van der Waals surface area contributed by atoms with Gasteiger partial charge in [-0.15, -0.1) is 0 Å². The lowest BCUT2D eigenvalue weighted by atomic mass is 10.0. The van der Waals surface area contributed by atoms with E-state index in [0.29, 0.717) is 30.9 Å². The largest absolute Gasteiger partial charge is 0.493 e. The van der Waals surface area contributed by atoms with Crippen molar-refractivity contribution in [3.05, 3.63) is 29.3 Å². The van der Waals surface area contributed by atoms with Gasteiger partial charge in [-0.25, -0.2) is 0 Å². The van der Waals surface area contributed by atoms with Crippen LogP contribution in [0.3, 0.4) is 0 Å². The Morgan fingerprint density at radius 3 is 2.92 bits per heavy atom. The third-order valence-corrected chi connectivity index (χ3v) is 4.37. The van der Waals surface area contributed by atoms with Crippen LogP contribution in [0.25, 0.3) is 0 Å². The summed E-state index contributed by atoms with van der Waals surface area (Å²) in [7, 11) is 1.89. The third-order valence-electron chi connectivity index (χ3n) is 4.37. The summed E-state index contributed by atoms with van der Waals surface area (Å²) in [5, 5.41) is 5.36. The van der Waals surface area contributed by atoms with Gasteiger partial charge in [0.2, 0.25) is 11.8 Å². The molecule has 1 atom stereocenters. The number of hydrogen-bond acceptors (Lipinski definition) is 5. The van der Waals surface area contributed by atoms with Gasteiger partial charge in [0.05, 0.1) is 13.2 Å². The maximum atomic E-state index is 12.6. The Hall–Kier alpha value is -2.41. The molecule has 0 spiro atoms. The van der Waals surface area contributed by atoms with Gasteiger partial charge in [0.1, 0.15) is 11.8 Å². The van der Waals surface area contributed by atoms with Crippen molar-refractivity contribution < 1.29 is 19.1 Å². The van der Waals surface area contributed by atoms with Crippen LogP contribution in [0.5, 0.6) is 5.75 Å². The fraction of sp³-hybridized carbons (Fsp3) is 0.471. The topological polar surface area (TPSA) is 87.7 Å². The molecule has 1 saturated heterocycles. The number of nitrogens with zero attached hydrogens (tertiary/aromatic N) is 1. The van der Waals surface area contributed by atoms with Crippen LogP contribution in [0.2, 0.25) is 0 Å². The Balaban J connectivity index is 1.75. The number of hydrogen-bond donors (Lipinski definition) is 2. The zero-order chi connectivity index (χ0) is 17.1. The monoisotopic (exact) mass is 331 g/mol. The normalized spacial score (nSPS) is 20.1. The van der Waals surface area contributed by atoms with Crippen LogP contribution in [0.1, 0.15) is 35.2 Å². The van der Waals surface area contributed by atoms with Gasteiger partial charge < -0.3 is 15.0 Å².